The minimum absolute atomic E-state index is 0.0846. The summed E-state index contributed by atoms with van der Waals surface area (Å²) in [5.41, 5.74) is 0. The van der Waals surface area contributed by atoms with Gasteiger partial charge in [0.15, 0.2) is 0 Å². The summed E-state index contributed by atoms with van der Waals surface area (Å²) >= 11 is 0. The molecule has 3 nitrogen and oxygen atoms in total. The van der Waals surface area contributed by atoms with Crippen LogP contribution in [0.4, 0.5) is 0 Å². The van der Waals surface area contributed by atoms with E-state index in [9.17, 15) is 8.42 Å². The van der Waals surface area contributed by atoms with E-state index >= 15 is 0 Å². The zero-order valence-electron chi connectivity index (χ0n) is 8.71. The number of hydrogen-bond donors (Lipinski definition) is 1. The molecule has 0 unspecified atom stereocenters. The molecule has 0 fully saturated rings. The predicted molar refractivity (Wildman–Crippen MR) is 58.4 cm³/mol. The zero-order valence-corrected chi connectivity index (χ0v) is 10.5. The maximum Gasteiger partial charge on any atom is 0.264 e. The normalized spacial score (nSPS) is 13.2. The van der Waals surface area contributed by atoms with E-state index < -0.39 is 18.2 Å². The van der Waals surface area contributed by atoms with Crippen molar-refractivity contribution >= 4 is 18.2 Å². The molecule has 0 rings (SSSR count). The molecule has 0 bridgehead atoms. The van der Waals surface area contributed by atoms with Crippen LogP contribution in [0.5, 0.6) is 0 Å². The van der Waals surface area contributed by atoms with Crippen molar-refractivity contribution in [3.63, 3.8) is 0 Å². The summed E-state index contributed by atoms with van der Waals surface area (Å²) in [5.74, 6) is -0.0846. The van der Waals surface area contributed by atoms with Crippen molar-refractivity contribution in [1.82, 2.24) is 0 Å². The summed E-state index contributed by atoms with van der Waals surface area (Å²) < 4.78 is 29.2. The van der Waals surface area contributed by atoms with Gasteiger partial charge in [-0.1, -0.05) is 38.5 Å². The van der Waals surface area contributed by atoms with E-state index in [0.717, 1.165) is 12.8 Å². The van der Waals surface area contributed by atoms with Crippen molar-refractivity contribution in [3.05, 3.63) is 0 Å². The highest BCUT2D eigenvalue weighted by atomic mass is 32.2. The fourth-order valence-electron chi connectivity index (χ4n) is 1.12. The third-order valence-electron chi connectivity index (χ3n) is 1.83. The van der Waals surface area contributed by atoms with Crippen LogP contribution in [0, 0.1) is 0 Å². The molecule has 0 heterocycles. The smallest absolute Gasteiger partial charge is 0.264 e. The fourth-order valence-corrected chi connectivity index (χ4v) is 3.00. The molecule has 0 aliphatic rings. The second-order valence-electron chi connectivity index (χ2n) is 4.66. The summed E-state index contributed by atoms with van der Waals surface area (Å²) in [4.78, 5) is 0. The second-order valence-corrected chi connectivity index (χ2v) is 11.9. The molecule has 13 heavy (non-hydrogen) atoms. The number of rotatable bonds is 6. The zero-order chi connectivity index (χ0) is 10.5. The lowest BCUT2D eigenvalue weighted by Crippen LogP contribution is -2.18. The third-order valence-corrected chi connectivity index (χ3v) is 4.49. The Labute approximate surface area is 82.3 Å². The van der Waals surface area contributed by atoms with Gasteiger partial charge in [-0.25, -0.2) is 0 Å². The monoisotopic (exact) mass is 224 g/mol. The highest BCUT2D eigenvalue weighted by Crippen LogP contribution is 2.13. The molecule has 0 aromatic carbocycles. The van der Waals surface area contributed by atoms with Crippen LogP contribution in [0.3, 0.4) is 0 Å². The molecule has 5 heteroatoms. The van der Waals surface area contributed by atoms with Crippen LogP contribution in [0.25, 0.3) is 0 Å². The van der Waals surface area contributed by atoms with E-state index in [4.69, 9.17) is 4.55 Å². The van der Waals surface area contributed by atoms with Crippen molar-refractivity contribution in [1.29, 1.82) is 0 Å². The lowest BCUT2D eigenvalue weighted by atomic mass is 10.3. The Kier molecular flexibility index (Phi) is 5.17. The maximum absolute atomic E-state index is 10.4. The van der Waals surface area contributed by atoms with Gasteiger partial charge in [0.05, 0.1) is 5.75 Å². The lowest BCUT2D eigenvalue weighted by Gasteiger charge is -2.14. The first kappa shape index (κ1) is 13.1. The van der Waals surface area contributed by atoms with E-state index in [2.05, 4.69) is 19.6 Å². The molecule has 0 saturated heterocycles. The van der Waals surface area contributed by atoms with E-state index in [1.54, 1.807) is 0 Å². The van der Waals surface area contributed by atoms with Crippen LogP contribution in [-0.2, 0) is 10.1 Å². The van der Waals surface area contributed by atoms with Gasteiger partial charge < -0.3 is 0 Å². The van der Waals surface area contributed by atoms with Gasteiger partial charge in [-0.05, 0) is 6.42 Å². The van der Waals surface area contributed by atoms with E-state index in [1.165, 1.54) is 6.04 Å². The van der Waals surface area contributed by atoms with Gasteiger partial charge >= 0.3 is 0 Å². The molecule has 0 aliphatic carbocycles. The van der Waals surface area contributed by atoms with Gasteiger partial charge in [0.25, 0.3) is 10.1 Å². The highest BCUT2D eigenvalue weighted by molar-refractivity contribution is 7.85. The van der Waals surface area contributed by atoms with Gasteiger partial charge in [0, 0.05) is 8.07 Å². The molecule has 0 aliphatic heterocycles. The summed E-state index contributed by atoms with van der Waals surface area (Å²) in [6, 6.07) is 1.23. The van der Waals surface area contributed by atoms with E-state index in [0.29, 0.717) is 6.42 Å². The fraction of sp³-hybridized carbons (Fsp3) is 1.00. The Morgan fingerprint density at radius 1 is 1.08 bits per heavy atom. The standard InChI is InChI=1S/C8H20O3SSi/c1-13(2,3)8-6-4-5-7-12(9,10)11/h4-8H2,1-3H3,(H,9,10,11). The first-order valence-electron chi connectivity index (χ1n) is 4.66. The highest BCUT2D eigenvalue weighted by Gasteiger charge is 2.12. The molecule has 0 atom stereocenters. The minimum atomic E-state index is -3.73. The Morgan fingerprint density at radius 2 is 1.62 bits per heavy atom. The average Bonchev–Trinajstić information content (AvgIpc) is 1.81. The molecule has 0 amide bonds. The average molecular weight is 224 g/mol. The Balaban J connectivity index is 3.39. The summed E-state index contributed by atoms with van der Waals surface area (Å²) in [6.07, 6.45) is 2.58. The molecule has 0 radical (unpaired) electrons. The Hall–Kier alpha value is 0.127. The number of hydrogen-bond acceptors (Lipinski definition) is 2. The second kappa shape index (κ2) is 5.12. The molecule has 0 aromatic heterocycles. The van der Waals surface area contributed by atoms with Gasteiger partial charge in [0.2, 0.25) is 0 Å². The molecule has 80 valence electrons. The van der Waals surface area contributed by atoms with E-state index in [-0.39, 0.29) is 5.75 Å². The molecule has 0 aromatic rings. The van der Waals surface area contributed by atoms with Gasteiger partial charge in [-0.3, -0.25) is 4.55 Å². The van der Waals surface area contributed by atoms with Crippen LogP contribution >= 0.6 is 0 Å². The van der Waals surface area contributed by atoms with Gasteiger partial charge in [0.1, 0.15) is 0 Å². The molecular formula is C8H20O3SSi. The van der Waals surface area contributed by atoms with Crippen LogP contribution in [0.15, 0.2) is 0 Å². The van der Waals surface area contributed by atoms with Crippen molar-refractivity contribution in [2.45, 2.75) is 44.9 Å². The summed E-state index contributed by atoms with van der Waals surface area (Å²) in [5, 5.41) is 0. The summed E-state index contributed by atoms with van der Waals surface area (Å²) in [7, 11) is -4.69. The first-order chi connectivity index (χ1) is 5.71. The van der Waals surface area contributed by atoms with Crippen molar-refractivity contribution in [2.75, 3.05) is 5.75 Å². The first-order valence-corrected chi connectivity index (χ1v) is 9.97. The Morgan fingerprint density at radius 3 is 2.00 bits per heavy atom. The summed E-state index contributed by atoms with van der Waals surface area (Å²) in [6.45, 7) is 6.90. The van der Waals surface area contributed by atoms with Gasteiger partial charge in [-0.2, -0.15) is 8.42 Å². The van der Waals surface area contributed by atoms with Crippen LogP contribution in [0.2, 0.25) is 25.7 Å². The Bertz CT molecular complexity index is 228. The maximum atomic E-state index is 10.4. The quantitative estimate of drug-likeness (QED) is 0.428. The van der Waals surface area contributed by atoms with Crippen molar-refractivity contribution < 1.29 is 13.0 Å². The van der Waals surface area contributed by atoms with Crippen LogP contribution in [0.1, 0.15) is 19.3 Å². The van der Waals surface area contributed by atoms with Gasteiger partial charge in [-0.15, -0.1) is 0 Å². The third kappa shape index (κ3) is 12.1. The van der Waals surface area contributed by atoms with E-state index in [1.807, 2.05) is 0 Å². The topological polar surface area (TPSA) is 54.4 Å². The van der Waals surface area contributed by atoms with Crippen LogP contribution < -0.4 is 0 Å². The SMILES string of the molecule is C[Si](C)(C)CCCCCS(=O)(=O)O. The van der Waals surface area contributed by atoms with Crippen molar-refractivity contribution in [3.8, 4) is 0 Å². The largest absolute Gasteiger partial charge is 0.286 e. The number of unbranched alkanes of at least 4 members (excludes halogenated alkanes) is 2. The lowest BCUT2D eigenvalue weighted by molar-refractivity contribution is 0.480. The molecule has 0 spiro atoms. The van der Waals surface area contributed by atoms with Crippen LogP contribution in [-0.4, -0.2) is 26.8 Å². The molecule has 1 N–H and O–H groups in total. The minimum Gasteiger partial charge on any atom is -0.286 e. The van der Waals surface area contributed by atoms with Crippen molar-refractivity contribution in [2.24, 2.45) is 0 Å². The molecule has 0 saturated carbocycles. The molecular weight excluding hydrogens is 204 g/mol. The predicted octanol–water partition coefficient (Wildman–Crippen LogP) is 2.38.